The average Bonchev–Trinajstić information content (AvgIpc) is 2.79. The molecule has 3 aromatic rings. The third-order valence-corrected chi connectivity index (χ3v) is 4.48. The SMILES string of the molecule is Cc1nnc(Sc2ccc(N)c3cnccc23)s1. The quantitative estimate of drug-likeness (QED) is 0.727. The van der Waals surface area contributed by atoms with E-state index in [-0.39, 0.29) is 0 Å². The summed E-state index contributed by atoms with van der Waals surface area (Å²) in [6, 6.07) is 5.89. The molecule has 0 saturated carbocycles. The molecule has 0 amide bonds. The van der Waals surface area contributed by atoms with Crippen LogP contribution < -0.4 is 5.73 Å². The molecule has 1 aromatic carbocycles. The number of nitrogens with zero attached hydrogens (tertiary/aromatic N) is 3. The second kappa shape index (κ2) is 4.55. The molecule has 2 N–H and O–H groups in total. The van der Waals surface area contributed by atoms with E-state index in [4.69, 9.17) is 5.73 Å². The molecule has 4 nitrogen and oxygen atoms in total. The maximum absolute atomic E-state index is 5.95. The fourth-order valence-electron chi connectivity index (χ4n) is 1.69. The highest BCUT2D eigenvalue weighted by atomic mass is 32.2. The molecular weight excluding hydrogens is 264 g/mol. The van der Waals surface area contributed by atoms with Crippen LogP contribution >= 0.6 is 23.1 Å². The molecule has 18 heavy (non-hydrogen) atoms. The van der Waals surface area contributed by atoms with Gasteiger partial charge in [-0.2, -0.15) is 0 Å². The normalized spacial score (nSPS) is 10.9. The van der Waals surface area contributed by atoms with Gasteiger partial charge in [0.2, 0.25) is 0 Å². The predicted molar refractivity (Wildman–Crippen MR) is 74.9 cm³/mol. The maximum Gasteiger partial charge on any atom is 0.179 e. The molecule has 0 fully saturated rings. The molecule has 0 aliphatic rings. The van der Waals surface area contributed by atoms with E-state index < -0.39 is 0 Å². The van der Waals surface area contributed by atoms with Gasteiger partial charge in [0.25, 0.3) is 0 Å². The van der Waals surface area contributed by atoms with Crippen LogP contribution in [0.2, 0.25) is 0 Å². The van der Waals surface area contributed by atoms with Gasteiger partial charge >= 0.3 is 0 Å². The molecular formula is C12H10N4S2. The van der Waals surface area contributed by atoms with Crippen LogP contribution in [0.1, 0.15) is 5.01 Å². The number of nitrogens with two attached hydrogens (primary N) is 1. The zero-order valence-electron chi connectivity index (χ0n) is 9.62. The highest BCUT2D eigenvalue weighted by Gasteiger charge is 2.08. The van der Waals surface area contributed by atoms with Gasteiger partial charge in [-0.1, -0.05) is 23.1 Å². The smallest absolute Gasteiger partial charge is 0.179 e. The summed E-state index contributed by atoms with van der Waals surface area (Å²) in [5.41, 5.74) is 6.69. The number of nitrogen functional groups attached to an aromatic ring is 1. The van der Waals surface area contributed by atoms with E-state index in [9.17, 15) is 0 Å². The Morgan fingerprint density at radius 3 is 2.83 bits per heavy atom. The van der Waals surface area contributed by atoms with Gasteiger partial charge in [-0.05, 0) is 25.1 Å². The molecule has 0 unspecified atom stereocenters. The van der Waals surface area contributed by atoms with Crippen LogP contribution in [0, 0.1) is 6.92 Å². The van der Waals surface area contributed by atoms with Crippen molar-refractivity contribution >= 4 is 39.6 Å². The van der Waals surface area contributed by atoms with E-state index in [0.717, 1.165) is 30.7 Å². The summed E-state index contributed by atoms with van der Waals surface area (Å²) in [5, 5.41) is 11.2. The van der Waals surface area contributed by atoms with Gasteiger partial charge in [0.15, 0.2) is 4.34 Å². The largest absolute Gasteiger partial charge is 0.398 e. The molecule has 0 aliphatic heterocycles. The Bertz CT molecular complexity index is 708. The van der Waals surface area contributed by atoms with Gasteiger partial charge in [0.05, 0.1) is 0 Å². The molecule has 2 aromatic heterocycles. The van der Waals surface area contributed by atoms with Gasteiger partial charge in [-0.15, -0.1) is 10.2 Å². The summed E-state index contributed by atoms with van der Waals surface area (Å²) in [4.78, 5) is 5.23. The van der Waals surface area contributed by atoms with Crippen LogP contribution in [0.15, 0.2) is 39.8 Å². The van der Waals surface area contributed by atoms with E-state index in [0.29, 0.717) is 0 Å². The predicted octanol–water partition coefficient (Wildman–Crippen LogP) is 3.13. The number of hydrogen-bond acceptors (Lipinski definition) is 6. The molecule has 0 radical (unpaired) electrons. The number of rotatable bonds is 2. The zero-order chi connectivity index (χ0) is 12.5. The van der Waals surface area contributed by atoms with Gasteiger partial charge in [-0.25, -0.2) is 0 Å². The Kier molecular flexibility index (Phi) is 2.89. The summed E-state index contributed by atoms with van der Waals surface area (Å²) in [6.07, 6.45) is 3.57. The van der Waals surface area contributed by atoms with Crippen molar-refractivity contribution in [3.63, 3.8) is 0 Å². The Morgan fingerprint density at radius 2 is 2.06 bits per heavy atom. The molecule has 90 valence electrons. The molecule has 0 saturated heterocycles. The highest BCUT2D eigenvalue weighted by Crippen LogP contribution is 2.36. The number of anilines is 1. The molecule has 0 spiro atoms. The van der Waals surface area contributed by atoms with Crippen molar-refractivity contribution in [1.29, 1.82) is 0 Å². The van der Waals surface area contributed by atoms with Crippen molar-refractivity contribution in [2.24, 2.45) is 0 Å². The van der Waals surface area contributed by atoms with Crippen molar-refractivity contribution in [2.45, 2.75) is 16.2 Å². The van der Waals surface area contributed by atoms with Crippen LogP contribution in [-0.2, 0) is 0 Å². The van der Waals surface area contributed by atoms with Crippen molar-refractivity contribution < 1.29 is 0 Å². The van der Waals surface area contributed by atoms with Crippen LogP contribution in [0.3, 0.4) is 0 Å². The van der Waals surface area contributed by atoms with Crippen molar-refractivity contribution in [1.82, 2.24) is 15.2 Å². The first-order valence-electron chi connectivity index (χ1n) is 5.34. The van der Waals surface area contributed by atoms with Gasteiger partial charge in [0.1, 0.15) is 5.01 Å². The highest BCUT2D eigenvalue weighted by molar-refractivity contribution is 8.01. The lowest BCUT2D eigenvalue weighted by atomic mass is 10.1. The van der Waals surface area contributed by atoms with Crippen LogP contribution in [0.25, 0.3) is 10.8 Å². The number of hydrogen-bond donors (Lipinski definition) is 1. The van der Waals surface area contributed by atoms with E-state index in [2.05, 4.69) is 15.2 Å². The topological polar surface area (TPSA) is 64.7 Å². The maximum atomic E-state index is 5.95. The third-order valence-electron chi connectivity index (χ3n) is 2.52. The molecule has 0 atom stereocenters. The Morgan fingerprint density at radius 1 is 1.17 bits per heavy atom. The molecule has 6 heteroatoms. The number of aromatic nitrogens is 3. The van der Waals surface area contributed by atoms with Gasteiger partial charge in [-0.3, -0.25) is 4.98 Å². The van der Waals surface area contributed by atoms with Crippen LogP contribution in [0.5, 0.6) is 0 Å². The second-order valence-electron chi connectivity index (χ2n) is 3.76. The Hall–Kier alpha value is -1.66. The van der Waals surface area contributed by atoms with Gasteiger partial charge in [0, 0.05) is 33.7 Å². The minimum absolute atomic E-state index is 0.746. The number of fused-ring (bicyclic) bond motifs is 1. The van der Waals surface area contributed by atoms with Crippen molar-refractivity contribution in [3.8, 4) is 0 Å². The molecule has 2 heterocycles. The second-order valence-corrected chi connectivity index (χ2v) is 6.23. The lowest BCUT2D eigenvalue weighted by molar-refractivity contribution is 0.984. The number of benzene rings is 1. The molecule has 0 aliphatic carbocycles. The summed E-state index contributed by atoms with van der Waals surface area (Å²) in [5.74, 6) is 0. The van der Waals surface area contributed by atoms with Crippen molar-refractivity contribution in [3.05, 3.63) is 35.6 Å². The molecule has 3 rings (SSSR count). The van der Waals surface area contributed by atoms with E-state index in [1.54, 1.807) is 35.5 Å². The summed E-state index contributed by atoms with van der Waals surface area (Å²) < 4.78 is 0.940. The average molecular weight is 274 g/mol. The number of aryl methyl sites for hydroxylation is 1. The fraction of sp³-hybridized carbons (Fsp3) is 0.0833. The minimum atomic E-state index is 0.746. The Labute approximate surface area is 112 Å². The standard InChI is InChI=1S/C12H10N4S2/c1-7-15-16-12(17-7)18-11-3-2-10(13)9-6-14-5-4-8(9)11/h2-6H,13H2,1H3. The van der Waals surface area contributed by atoms with Crippen LogP contribution in [0.4, 0.5) is 5.69 Å². The first-order valence-corrected chi connectivity index (χ1v) is 6.97. The molecule has 0 bridgehead atoms. The monoisotopic (exact) mass is 274 g/mol. The van der Waals surface area contributed by atoms with E-state index in [1.165, 1.54) is 0 Å². The first-order chi connectivity index (χ1) is 8.74. The lowest BCUT2D eigenvalue weighted by Crippen LogP contribution is -1.88. The minimum Gasteiger partial charge on any atom is -0.398 e. The van der Waals surface area contributed by atoms with E-state index >= 15 is 0 Å². The summed E-state index contributed by atoms with van der Waals surface area (Å²) in [6.45, 7) is 1.95. The summed E-state index contributed by atoms with van der Waals surface area (Å²) in [7, 11) is 0. The van der Waals surface area contributed by atoms with Crippen LogP contribution in [-0.4, -0.2) is 15.2 Å². The lowest BCUT2D eigenvalue weighted by Gasteiger charge is -2.06. The fourth-order valence-corrected chi connectivity index (χ4v) is 3.59. The zero-order valence-corrected chi connectivity index (χ0v) is 11.3. The first kappa shape index (κ1) is 11.4. The van der Waals surface area contributed by atoms with E-state index in [1.807, 2.05) is 25.1 Å². The Balaban J connectivity index is 2.09. The van der Waals surface area contributed by atoms with Gasteiger partial charge < -0.3 is 5.73 Å². The third kappa shape index (κ3) is 2.04. The number of pyridine rings is 1. The summed E-state index contributed by atoms with van der Waals surface area (Å²) >= 11 is 3.20. The van der Waals surface area contributed by atoms with Crippen molar-refractivity contribution in [2.75, 3.05) is 5.73 Å².